The van der Waals surface area contributed by atoms with Gasteiger partial charge in [-0.15, -0.1) is 0 Å². The topological polar surface area (TPSA) is 88.8 Å². The second-order valence-electron chi connectivity index (χ2n) is 3.59. The van der Waals surface area contributed by atoms with Crippen molar-refractivity contribution < 1.29 is 0 Å². The fourth-order valence-electron chi connectivity index (χ4n) is 1.41. The lowest BCUT2D eigenvalue weighted by Crippen LogP contribution is -2.10. The first-order valence-electron chi connectivity index (χ1n) is 5.21. The highest BCUT2D eigenvalue weighted by atomic mass is 15.3. The molecule has 0 aliphatic carbocycles. The Balaban J connectivity index is 2.05. The van der Waals surface area contributed by atoms with Crippen molar-refractivity contribution in [2.24, 2.45) is 5.84 Å². The van der Waals surface area contributed by atoms with Crippen LogP contribution in [0.1, 0.15) is 11.1 Å². The van der Waals surface area contributed by atoms with Gasteiger partial charge in [0.15, 0.2) is 5.82 Å². The SMILES string of the molecule is Cc1cnccc1CNc1cncc(NN)n1. The van der Waals surface area contributed by atoms with Gasteiger partial charge >= 0.3 is 0 Å². The van der Waals surface area contributed by atoms with E-state index >= 15 is 0 Å². The van der Waals surface area contributed by atoms with E-state index in [1.165, 1.54) is 5.56 Å². The summed E-state index contributed by atoms with van der Waals surface area (Å²) in [6.07, 6.45) is 6.81. The summed E-state index contributed by atoms with van der Waals surface area (Å²) >= 11 is 0. The number of hydrogen-bond donors (Lipinski definition) is 3. The molecule has 0 unspecified atom stereocenters. The number of aromatic nitrogens is 3. The molecule has 2 aromatic rings. The normalized spacial score (nSPS) is 10.0. The van der Waals surface area contributed by atoms with Gasteiger partial charge < -0.3 is 10.7 Å². The van der Waals surface area contributed by atoms with Crippen molar-refractivity contribution in [3.8, 4) is 0 Å². The van der Waals surface area contributed by atoms with Crippen molar-refractivity contribution in [1.29, 1.82) is 0 Å². The third kappa shape index (κ3) is 2.88. The minimum atomic E-state index is 0.529. The molecule has 4 N–H and O–H groups in total. The molecule has 0 atom stereocenters. The number of hydrogen-bond acceptors (Lipinski definition) is 6. The Morgan fingerprint density at radius 3 is 2.76 bits per heavy atom. The number of nitrogens with one attached hydrogen (secondary N) is 2. The predicted molar refractivity (Wildman–Crippen MR) is 66.1 cm³/mol. The number of aryl methyl sites for hydroxylation is 1. The van der Waals surface area contributed by atoms with E-state index in [2.05, 4.69) is 25.7 Å². The number of anilines is 2. The average molecular weight is 230 g/mol. The van der Waals surface area contributed by atoms with Crippen molar-refractivity contribution in [2.75, 3.05) is 10.7 Å². The molecule has 0 saturated carbocycles. The summed E-state index contributed by atoms with van der Waals surface area (Å²) in [5, 5.41) is 3.18. The van der Waals surface area contributed by atoms with Crippen molar-refractivity contribution >= 4 is 11.6 Å². The lowest BCUT2D eigenvalue weighted by atomic mass is 10.1. The van der Waals surface area contributed by atoms with Crippen molar-refractivity contribution in [3.05, 3.63) is 42.0 Å². The molecule has 6 nitrogen and oxygen atoms in total. The molecule has 0 bridgehead atoms. The maximum absolute atomic E-state index is 5.26. The zero-order valence-electron chi connectivity index (χ0n) is 9.51. The smallest absolute Gasteiger partial charge is 0.160 e. The molecule has 2 heterocycles. The summed E-state index contributed by atoms with van der Waals surface area (Å²) in [4.78, 5) is 12.3. The van der Waals surface area contributed by atoms with E-state index in [9.17, 15) is 0 Å². The second kappa shape index (κ2) is 5.22. The molecule has 0 aliphatic heterocycles. The molecule has 17 heavy (non-hydrogen) atoms. The number of nitrogen functional groups attached to an aromatic ring is 1. The summed E-state index contributed by atoms with van der Waals surface area (Å²) in [6.45, 7) is 2.70. The number of nitrogens with zero attached hydrogens (tertiary/aromatic N) is 3. The quantitative estimate of drug-likeness (QED) is 0.538. The van der Waals surface area contributed by atoms with E-state index in [-0.39, 0.29) is 0 Å². The van der Waals surface area contributed by atoms with Crippen LogP contribution >= 0.6 is 0 Å². The van der Waals surface area contributed by atoms with E-state index in [1.54, 1.807) is 18.6 Å². The van der Waals surface area contributed by atoms with Crippen LogP contribution in [0.2, 0.25) is 0 Å². The summed E-state index contributed by atoms with van der Waals surface area (Å²) in [7, 11) is 0. The molecule has 2 rings (SSSR count). The average Bonchev–Trinajstić information content (AvgIpc) is 2.38. The number of rotatable bonds is 4. The van der Waals surface area contributed by atoms with E-state index in [1.807, 2.05) is 19.2 Å². The monoisotopic (exact) mass is 230 g/mol. The summed E-state index contributed by atoms with van der Waals surface area (Å²) in [5.74, 6) is 6.47. The van der Waals surface area contributed by atoms with Crippen molar-refractivity contribution in [2.45, 2.75) is 13.5 Å². The molecule has 6 heteroatoms. The Morgan fingerprint density at radius 1 is 1.18 bits per heavy atom. The molecule has 0 aromatic carbocycles. The molecular weight excluding hydrogens is 216 g/mol. The molecular formula is C11H14N6. The maximum atomic E-state index is 5.26. The highest BCUT2D eigenvalue weighted by Gasteiger charge is 1.99. The predicted octanol–water partition coefficient (Wildman–Crippen LogP) is 1.08. The number of hydrazine groups is 1. The van der Waals surface area contributed by atoms with Crippen LogP contribution in [0.25, 0.3) is 0 Å². The fourth-order valence-corrected chi connectivity index (χ4v) is 1.41. The summed E-state index contributed by atoms with van der Waals surface area (Å²) in [5.41, 5.74) is 4.77. The highest BCUT2D eigenvalue weighted by molar-refractivity contribution is 5.41. The van der Waals surface area contributed by atoms with Crippen LogP contribution in [0.3, 0.4) is 0 Å². The second-order valence-corrected chi connectivity index (χ2v) is 3.59. The zero-order valence-corrected chi connectivity index (χ0v) is 9.51. The lowest BCUT2D eigenvalue weighted by molar-refractivity contribution is 1.05. The Kier molecular flexibility index (Phi) is 3.46. The van der Waals surface area contributed by atoms with Gasteiger partial charge in [-0.05, 0) is 24.1 Å². The molecule has 88 valence electrons. The fraction of sp³-hybridized carbons (Fsp3) is 0.182. The van der Waals surface area contributed by atoms with Crippen LogP contribution in [0.5, 0.6) is 0 Å². The van der Waals surface area contributed by atoms with Gasteiger partial charge in [0.05, 0.1) is 12.4 Å². The van der Waals surface area contributed by atoms with E-state index in [4.69, 9.17) is 5.84 Å². The first kappa shape index (κ1) is 11.3. The van der Waals surface area contributed by atoms with Crippen LogP contribution in [0, 0.1) is 6.92 Å². The van der Waals surface area contributed by atoms with Crippen LogP contribution < -0.4 is 16.6 Å². The van der Waals surface area contributed by atoms with Crippen LogP contribution in [0.4, 0.5) is 11.6 Å². The lowest BCUT2D eigenvalue weighted by Gasteiger charge is -2.08. The molecule has 0 fully saturated rings. The van der Waals surface area contributed by atoms with Gasteiger partial charge in [0.25, 0.3) is 0 Å². The van der Waals surface area contributed by atoms with Gasteiger partial charge in [0.1, 0.15) is 5.82 Å². The third-order valence-corrected chi connectivity index (χ3v) is 2.38. The van der Waals surface area contributed by atoms with Crippen LogP contribution in [-0.2, 0) is 6.54 Å². The van der Waals surface area contributed by atoms with E-state index in [0.717, 1.165) is 5.56 Å². The minimum absolute atomic E-state index is 0.529. The first-order valence-corrected chi connectivity index (χ1v) is 5.21. The van der Waals surface area contributed by atoms with Crippen molar-refractivity contribution in [1.82, 2.24) is 15.0 Å². The van der Waals surface area contributed by atoms with Gasteiger partial charge in [-0.2, -0.15) is 0 Å². The van der Waals surface area contributed by atoms with Crippen molar-refractivity contribution in [3.63, 3.8) is 0 Å². The molecule has 0 radical (unpaired) electrons. The first-order chi connectivity index (χ1) is 8.29. The number of pyridine rings is 1. The minimum Gasteiger partial charge on any atom is -0.365 e. The Hall–Kier alpha value is -2.21. The summed E-state index contributed by atoms with van der Waals surface area (Å²) < 4.78 is 0. The zero-order chi connectivity index (χ0) is 12.1. The molecule has 0 spiro atoms. The third-order valence-electron chi connectivity index (χ3n) is 2.38. The van der Waals surface area contributed by atoms with Gasteiger partial charge in [0, 0.05) is 18.9 Å². The Bertz CT molecular complexity index is 499. The number of nitrogens with two attached hydrogens (primary N) is 1. The highest BCUT2D eigenvalue weighted by Crippen LogP contribution is 2.09. The van der Waals surface area contributed by atoms with Crippen LogP contribution in [-0.4, -0.2) is 15.0 Å². The Morgan fingerprint density at radius 2 is 2.00 bits per heavy atom. The standard InChI is InChI=1S/C11H14N6/c1-8-4-13-3-2-9(8)5-15-10-6-14-7-11(16-10)17-12/h2-4,6-7H,5,12H2,1H3,(H2,15,16,17). The van der Waals surface area contributed by atoms with Gasteiger partial charge in [-0.3, -0.25) is 9.97 Å². The van der Waals surface area contributed by atoms with Gasteiger partial charge in [-0.1, -0.05) is 0 Å². The maximum Gasteiger partial charge on any atom is 0.160 e. The molecule has 0 aliphatic rings. The van der Waals surface area contributed by atoms with Gasteiger partial charge in [0.2, 0.25) is 0 Å². The molecule has 2 aromatic heterocycles. The molecule has 0 saturated heterocycles. The molecule has 0 amide bonds. The van der Waals surface area contributed by atoms with E-state index < -0.39 is 0 Å². The Labute approximate surface area is 99.3 Å². The summed E-state index contributed by atoms with van der Waals surface area (Å²) in [6, 6.07) is 1.97. The van der Waals surface area contributed by atoms with Crippen LogP contribution in [0.15, 0.2) is 30.9 Å². The van der Waals surface area contributed by atoms with E-state index in [0.29, 0.717) is 18.2 Å². The van der Waals surface area contributed by atoms with Gasteiger partial charge in [-0.25, -0.2) is 10.8 Å². The largest absolute Gasteiger partial charge is 0.365 e.